The van der Waals surface area contributed by atoms with Gasteiger partial charge >= 0.3 is 0 Å². The van der Waals surface area contributed by atoms with Crippen LogP contribution in [0, 0.1) is 0 Å². The number of hydrogen-bond donors (Lipinski definition) is 2. The van der Waals surface area contributed by atoms with E-state index in [0.717, 1.165) is 12.2 Å². The number of nitrogens with two attached hydrogens (primary N) is 1. The van der Waals surface area contributed by atoms with E-state index in [-0.39, 0.29) is 5.91 Å². The Balaban J connectivity index is 2.02. The van der Waals surface area contributed by atoms with Crippen LogP contribution in [0.1, 0.15) is 16.1 Å². The molecule has 0 saturated heterocycles. The van der Waals surface area contributed by atoms with Crippen LogP contribution < -0.4 is 11.1 Å². The van der Waals surface area contributed by atoms with E-state index in [4.69, 9.17) is 5.73 Å². The lowest BCUT2D eigenvalue weighted by Gasteiger charge is -2.10. The molecule has 104 valence electrons. The van der Waals surface area contributed by atoms with Crippen LogP contribution in [-0.2, 0) is 6.54 Å². The van der Waals surface area contributed by atoms with Crippen LogP contribution in [0.4, 0.5) is 11.4 Å². The van der Waals surface area contributed by atoms with Gasteiger partial charge in [-0.1, -0.05) is 12.1 Å². The van der Waals surface area contributed by atoms with Gasteiger partial charge in [0.15, 0.2) is 0 Å². The Bertz CT molecular complexity index is 576. The first-order chi connectivity index (χ1) is 9.54. The maximum atomic E-state index is 12.0. The fraction of sp³-hybridized carbons (Fsp3) is 0.200. The molecule has 5 nitrogen and oxygen atoms in total. The summed E-state index contributed by atoms with van der Waals surface area (Å²) in [6.45, 7) is 0.869. The highest BCUT2D eigenvalue weighted by Crippen LogP contribution is 2.12. The minimum Gasteiger partial charge on any atom is -0.397 e. The average molecular weight is 270 g/mol. The third-order valence-corrected chi connectivity index (χ3v) is 2.73. The van der Waals surface area contributed by atoms with Crippen molar-refractivity contribution < 1.29 is 4.79 Å². The van der Waals surface area contributed by atoms with Gasteiger partial charge in [0.1, 0.15) is 5.69 Å². The third kappa shape index (κ3) is 3.80. The highest BCUT2D eigenvalue weighted by molar-refractivity contribution is 6.02. The molecule has 0 aliphatic heterocycles. The van der Waals surface area contributed by atoms with Crippen molar-refractivity contribution in [3.05, 3.63) is 53.9 Å². The zero-order valence-electron chi connectivity index (χ0n) is 11.6. The predicted octanol–water partition coefficient (Wildman–Crippen LogP) is 1.98. The van der Waals surface area contributed by atoms with Crippen LogP contribution >= 0.6 is 0 Å². The second kappa shape index (κ2) is 6.16. The highest BCUT2D eigenvalue weighted by atomic mass is 16.1. The molecule has 2 aromatic rings. The number of rotatable bonds is 4. The average Bonchev–Trinajstić information content (AvgIpc) is 2.41. The van der Waals surface area contributed by atoms with Gasteiger partial charge in [-0.25, -0.2) is 4.98 Å². The monoisotopic (exact) mass is 270 g/mol. The Morgan fingerprint density at radius 3 is 2.45 bits per heavy atom. The molecule has 2 rings (SSSR count). The molecule has 1 aromatic heterocycles. The molecule has 0 fully saturated rings. The molecule has 0 atom stereocenters. The van der Waals surface area contributed by atoms with Gasteiger partial charge in [-0.15, -0.1) is 0 Å². The Kier molecular flexibility index (Phi) is 4.32. The van der Waals surface area contributed by atoms with Gasteiger partial charge in [-0.05, 0) is 43.9 Å². The Labute approximate surface area is 118 Å². The summed E-state index contributed by atoms with van der Waals surface area (Å²) in [6, 6.07) is 11.0. The topological polar surface area (TPSA) is 71.2 Å². The molecule has 0 aliphatic carbocycles. The number of hydrogen-bond acceptors (Lipinski definition) is 4. The lowest BCUT2D eigenvalue weighted by molar-refractivity contribution is 0.102. The van der Waals surface area contributed by atoms with Crippen molar-refractivity contribution in [3.8, 4) is 0 Å². The highest BCUT2D eigenvalue weighted by Gasteiger charge is 2.07. The van der Waals surface area contributed by atoms with Crippen molar-refractivity contribution in [2.24, 2.45) is 0 Å². The van der Waals surface area contributed by atoms with E-state index >= 15 is 0 Å². The van der Waals surface area contributed by atoms with Crippen molar-refractivity contribution in [3.63, 3.8) is 0 Å². The van der Waals surface area contributed by atoms with Crippen molar-refractivity contribution in [2.45, 2.75) is 6.54 Å². The summed E-state index contributed by atoms with van der Waals surface area (Å²) >= 11 is 0. The number of pyridine rings is 1. The van der Waals surface area contributed by atoms with Gasteiger partial charge in [-0.3, -0.25) is 4.79 Å². The third-order valence-electron chi connectivity index (χ3n) is 2.73. The fourth-order valence-corrected chi connectivity index (χ4v) is 1.79. The SMILES string of the molecule is CN(C)Cc1ccc(NC(=O)c2ccc(N)cn2)cc1. The molecule has 0 saturated carbocycles. The predicted molar refractivity (Wildman–Crippen MR) is 80.4 cm³/mol. The maximum absolute atomic E-state index is 12.0. The van der Waals surface area contributed by atoms with Crippen molar-refractivity contribution in [2.75, 3.05) is 25.1 Å². The molecular formula is C15H18N4O. The van der Waals surface area contributed by atoms with Gasteiger partial charge in [-0.2, -0.15) is 0 Å². The summed E-state index contributed by atoms with van der Waals surface area (Å²) in [5.41, 5.74) is 8.36. The van der Waals surface area contributed by atoms with E-state index in [9.17, 15) is 4.79 Å². The van der Waals surface area contributed by atoms with Crippen molar-refractivity contribution >= 4 is 17.3 Å². The van der Waals surface area contributed by atoms with Crippen molar-refractivity contribution in [1.82, 2.24) is 9.88 Å². The Hall–Kier alpha value is -2.40. The largest absolute Gasteiger partial charge is 0.397 e. The molecule has 0 aliphatic rings. The number of nitrogens with zero attached hydrogens (tertiary/aromatic N) is 2. The number of nitrogens with one attached hydrogen (secondary N) is 1. The van der Waals surface area contributed by atoms with Crippen molar-refractivity contribution in [1.29, 1.82) is 0 Å². The lowest BCUT2D eigenvalue weighted by Crippen LogP contribution is -2.14. The van der Waals surface area contributed by atoms with Gasteiger partial charge in [0.2, 0.25) is 0 Å². The van der Waals surface area contributed by atoms with Crippen LogP contribution in [0.15, 0.2) is 42.6 Å². The smallest absolute Gasteiger partial charge is 0.274 e. The molecule has 0 spiro atoms. The van der Waals surface area contributed by atoms with Crippen LogP contribution in [0.2, 0.25) is 0 Å². The normalized spacial score (nSPS) is 10.6. The number of carbonyl (C=O) groups is 1. The minimum absolute atomic E-state index is 0.245. The van der Waals surface area contributed by atoms with Gasteiger partial charge in [0.25, 0.3) is 5.91 Å². The van der Waals surface area contributed by atoms with Crippen LogP contribution in [0.3, 0.4) is 0 Å². The zero-order valence-corrected chi connectivity index (χ0v) is 11.6. The maximum Gasteiger partial charge on any atom is 0.274 e. The van der Waals surface area contributed by atoms with E-state index < -0.39 is 0 Å². The second-order valence-corrected chi connectivity index (χ2v) is 4.87. The summed E-state index contributed by atoms with van der Waals surface area (Å²) < 4.78 is 0. The summed E-state index contributed by atoms with van der Waals surface area (Å²) in [4.78, 5) is 18.0. The van der Waals surface area contributed by atoms with Gasteiger partial charge < -0.3 is 16.0 Å². The minimum atomic E-state index is -0.245. The van der Waals surface area contributed by atoms with E-state index in [1.165, 1.54) is 11.8 Å². The number of benzene rings is 1. The Morgan fingerprint density at radius 1 is 1.20 bits per heavy atom. The second-order valence-electron chi connectivity index (χ2n) is 4.87. The van der Waals surface area contributed by atoms with Crippen LogP contribution in [0.5, 0.6) is 0 Å². The number of amides is 1. The summed E-state index contributed by atoms with van der Waals surface area (Å²) in [7, 11) is 4.03. The van der Waals surface area contributed by atoms with Crippen LogP contribution in [-0.4, -0.2) is 29.9 Å². The molecule has 1 heterocycles. The molecule has 5 heteroatoms. The first-order valence-corrected chi connectivity index (χ1v) is 6.31. The lowest BCUT2D eigenvalue weighted by atomic mass is 10.2. The molecular weight excluding hydrogens is 252 g/mol. The number of anilines is 2. The molecule has 1 amide bonds. The zero-order chi connectivity index (χ0) is 14.5. The van der Waals surface area contributed by atoms with Gasteiger partial charge in [0, 0.05) is 12.2 Å². The van der Waals surface area contributed by atoms with Crippen LogP contribution in [0.25, 0.3) is 0 Å². The van der Waals surface area contributed by atoms with E-state index in [0.29, 0.717) is 11.4 Å². The standard InChI is InChI=1S/C15H18N4O/c1-19(2)10-11-3-6-13(7-4-11)18-15(20)14-8-5-12(16)9-17-14/h3-9H,10,16H2,1-2H3,(H,18,20). The Morgan fingerprint density at radius 2 is 1.90 bits per heavy atom. The van der Waals surface area contributed by atoms with E-state index in [2.05, 4.69) is 15.2 Å². The van der Waals surface area contributed by atoms with Gasteiger partial charge in [0.05, 0.1) is 11.9 Å². The quantitative estimate of drug-likeness (QED) is 0.891. The molecule has 0 bridgehead atoms. The first-order valence-electron chi connectivity index (χ1n) is 6.31. The van der Waals surface area contributed by atoms with E-state index in [1.54, 1.807) is 12.1 Å². The summed E-state index contributed by atoms with van der Waals surface area (Å²) in [6.07, 6.45) is 1.47. The number of carbonyl (C=O) groups excluding carboxylic acids is 1. The molecule has 0 unspecified atom stereocenters. The molecule has 3 N–H and O–H groups in total. The first kappa shape index (κ1) is 14.0. The molecule has 0 radical (unpaired) electrons. The number of aromatic nitrogens is 1. The summed E-state index contributed by atoms with van der Waals surface area (Å²) in [5.74, 6) is -0.245. The van der Waals surface area contributed by atoms with E-state index in [1.807, 2.05) is 38.4 Å². The molecule has 20 heavy (non-hydrogen) atoms. The fourth-order valence-electron chi connectivity index (χ4n) is 1.79. The molecule has 1 aromatic carbocycles. The number of nitrogen functional groups attached to an aromatic ring is 1. The summed E-state index contributed by atoms with van der Waals surface area (Å²) in [5, 5.41) is 2.80.